The standard InChI is InChI=1S/C25H23FN4O4/c1-16-11-17(2)13-21(12-16)28-23(31)15-34-22-6-4-3-5-18(22)14-27-30-25(33)24(32)29-20-9-7-19(26)8-10-20/h3-14H,15H2,1-2H3,(H,28,31)(H,29,32)(H,30,33)/b27-14-. The van der Waals surface area contributed by atoms with Gasteiger partial charge >= 0.3 is 11.8 Å². The Hall–Kier alpha value is -4.53. The number of amides is 3. The Bertz CT molecular complexity index is 1210. The second-order valence-electron chi connectivity index (χ2n) is 7.41. The summed E-state index contributed by atoms with van der Waals surface area (Å²) in [7, 11) is 0. The molecule has 0 heterocycles. The fraction of sp³-hybridized carbons (Fsp3) is 0.120. The molecule has 0 spiro atoms. The zero-order valence-electron chi connectivity index (χ0n) is 18.6. The lowest BCUT2D eigenvalue weighted by Crippen LogP contribution is -2.32. The summed E-state index contributed by atoms with van der Waals surface area (Å²) < 4.78 is 18.5. The van der Waals surface area contributed by atoms with Gasteiger partial charge in [-0.05, 0) is 73.5 Å². The van der Waals surface area contributed by atoms with Crippen molar-refractivity contribution in [2.45, 2.75) is 13.8 Å². The third-order valence-electron chi connectivity index (χ3n) is 4.46. The molecule has 3 N–H and O–H groups in total. The number of carbonyl (C=O) groups excluding carboxylic acids is 3. The van der Waals surface area contributed by atoms with E-state index in [2.05, 4.69) is 21.2 Å². The van der Waals surface area contributed by atoms with E-state index in [9.17, 15) is 18.8 Å². The molecule has 0 atom stereocenters. The number of hydrogen-bond acceptors (Lipinski definition) is 5. The van der Waals surface area contributed by atoms with Crippen LogP contribution in [-0.2, 0) is 14.4 Å². The van der Waals surface area contributed by atoms with Crippen LogP contribution in [0.3, 0.4) is 0 Å². The van der Waals surface area contributed by atoms with Crippen LogP contribution in [-0.4, -0.2) is 30.5 Å². The van der Waals surface area contributed by atoms with Gasteiger partial charge in [-0.15, -0.1) is 0 Å². The molecule has 0 unspecified atom stereocenters. The van der Waals surface area contributed by atoms with Gasteiger partial charge in [0, 0.05) is 16.9 Å². The highest BCUT2D eigenvalue weighted by molar-refractivity contribution is 6.39. The molecule has 9 heteroatoms. The number of halogens is 1. The van der Waals surface area contributed by atoms with Crippen LogP contribution in [0.25, 0.3) is 0 Å². The average molecular weight is 462 g/mol. The van der Waals surface area contributed by atoms with Crippen LogP contribution in [0.1, 0.15) is 16.7 Å². The van der Waals surface area contributed by atoms with Crippen molar-refractivity contribution in [2.75, 3.05) is 17.2 Å². The molecule has 0 saturated carbocycles. The summed E-state index contributed by atoms with van der Waals surface area (Å²) in [6, 6.07) is 17.5. The van der Waals surface area contributed by atoms with Crippen LogP contribution in [0, 0.1) is 19.7 Å². The highest BCUT2D eigenvalue weighted by Crippen LogP contribution is 2.17. The number of aryl methyl sites for hydroxylation is 2. The molecule has 0 fully saturated rings. The summed E-state index contributed by atoms with van der Waals surface area (Å²) in [5.74, 6) is -2.40. The number of para-hydroxylation sites is 1. The lowest BCUT2D eigenvalue weighted by atomic mass is 10.1. The van der Waals surface area contributed by atoms with E-state index in [0.717, 1.165) is 23.3 Å². The van der Waals surface area contributed by atoms with Crippen LogP contribution >= 0.6 is 0 Å². The van der Waals surface area contributed by atoms with E-state index in [4.69, 9.17) is 4.74 Å². The number of hydrazone groups is 1. The number of anilines is 2. The maximum absolute atomic E-state index is 12.9. The van der Waals surface area contributed by atoms with Crippen LogP contribution in [0.5, 0.6) is 5.75 Å². The predicted octanol–water partition coefficient (Wildman–Crippen LogP) is 3.55. The topological polar surface area (TPSA) is 109 Å². The molecule has 34 heavy (non-hydrogen) atoms. The number of rotatable bonds is 7. The van der Waals surface area contributed by atoms with Gasteiger partial charge in [0.05, 0.1) is 6.21 Å². The largest absolute Gasteiger partial charge is 0.483 e. The maximum Gasteiger partial charge on any atom is 0.329 e. The number of carbonyl (C=O) groups is 3. The predicted molar refractivity (Wildman–Crippen MR) is 127 cm³/mol. The van der Waals surface area contributed by atoms with Crippen molar-refractivity contribution in [1.29, 1.82) is 0 Å². The summed E-state index contributed by atoms with van der Waals surface area (Å²) in [6.07, 6.45) is 1.29. The first-order chi connectivity index (χ1) is 16.3. The van der Waals surface area contributed by atoms with Crippen molar-refractivity contribution in [3.63, 3.8) is 0 Å². The minimum absolute atomic E-state index is 0.232. The fourth-order valence-corrected chi connectivity index (χ4v) is 3.04. The first kappa shape index (κ1) is 24.1. The summed E-state index contributed by atoms with van der Waals surface area (Å²) in [6.45, 7) is 3.66. The van der Waals surface area contributed by atoms with E-state index in [1.807, 2.05) is 32.0 Å². The molecule has 174 valence electrons. The van der Waals surface area contributed by atoms with Crippen molar-refractivity contribution >= 4 is 35.3 Å². The van der Waals surface area contributed by atoms with Crippen molar-refractivity contribution in [2.24, 2.45) is 5.10 Å². The summed E-state index contributed by atoms with van der Waals surface area (Å²) >= 11 is 0. The van der Waals surface area contributed by atoms with E-state index in [-0.39, 0.29) is 18.2 Å². The molecule has 0 aliphatic heterocycles. The third-order valence-corrected chi connectivity index (χ3v) is 4.46. The number of benzene rings is 3. The normalized spacial score (nSPS) is 10.6. The quantitative estimate of drug-likeness (QED) is 0.283. The van der Waals surface area contributed by atoms with Crippen LogP contribution in [0.15, 0.2) is 71.8 Å². The van der Waals surface area contributed by atoms with E-state index >= 15 is 0 Å². The van der Waals surface area contributed by atoms with Crippen LogP contribution in [0.4, 0.5) is 15.8 Å². The van der Waals surface area contributed by atoms with Crippen LogP contribution in [0.2, 0.25) is 0 Å². The summed E-state index contributed by atoms with van der Waals surface area (Å²) in [4.78, 5) is 36.1. The van der Waals surface area contributed by atoms with Gasteiger partial charge in [-0.1, -0.05) is 18.2 Å². The Morgan fingerprint density at radius 2 is 1.56 bits per heavy atom. The van der Waals surface area contributed by atoms with Crippen molar-refractivity contribution in [3.05, 3.63) is 89.2 Å². The zero-order chi connectivity index (χ0) is 24.5. The summed E-state index contributed by atoms with van der Waals surface area (Å²) in [5.41, 5.74) is 5.61. The molecule has 8 nitrogen and oxygen atoms in total. The SMILES string of the molecule is Cc1cc(C)cc(NC(=O)COc2ccccc2/C=N\NC(=O)C(=O)Nc2ccc(F)cc2)c1. The third kappa shape index (κ3) is 7.27. The number of nitrogens with zero attached hydrogens (tertiary/aromatic N) is 1. The maximum atomic E-state index is 12.9. The Morgan fingerprint density at radius 1 is 0.882 bits per heavy atom. The van der Waals surface area contributed by atoms with Gasteiger partial charge in [0.2, 0.25) is 0 Å². The smallest absolute Gasteiger partial charge is 0.329 e. The molecule has 0 aromatic heterocycles. The van der Waals surface area contributed by atoms with Gasteiger partial charge < -0.3 is 15.4 Å². The molecule has 0 aliphatic carbocycles. The molecule has 0 radical (unpaired) electrons. The van der Waals surface area contributed by atoms with Crippen molar-refractivity contribution in [1.82, 2.24) is 5.43 Å². The van der Waals surface area contributed by atoms with E-state index in [1.165, 1.54) is 18.3 Å². The van der Waals surface area contributed by atoms with Gasteiger partial charge in [0.15, 0.2) is 6.61 Å². The highest BCUT2D eigenvalue weighted by Gasteiger charge is 2.13. The number of hydrogen-bond donors (Lipinski definition) is 3. The van der Waals surface area contributed by atoms with Gasteiger partial charge in [0.25, 0.3) is 5.91 Å². The minimum atomic E-state index is -1.01. The first-order valence-electron chi connectivity index (χ1n) is 10.3. The van der Waals surface area contributed by atoms with E-state index < -0.39 is 17.6 Å². The molecule has 3 amide bonds. The van der Waals surface area contributed by atoms with E-state index in [1.54, 1.807) is 24.3 Å². The molecule has 0 saturated heterocycles. The first-order valence-corrected chi connectivity index (χ1v) is 10.3. The fourth-order valence-electron chi connectivity index (χ4n) is 3.04. The number of ether oxygens (including phenoxy) is 1. The number of nitrogens with one attached hydrogen (secondary N) is 3. The van der Waals surface area contributed by atoms with Crippen LogP contribution < -0.4 is 20.8 Å². The lowest BCUT2D eigenvalue weighted by molar-refractivity contribution is -0.136. The minimum Gasteiger partial charge on any atom is -0.483 e. The zero-order valence-corrected chi connectivity index (χ0v) is 18.6. The molecular formula is C25H23FN4O4. The molecule has 3 rings (SSSR count). The molecule has 0 aliphatic rings. The summed E-state index contributed by atoms with van der Waals surface area (Å²) in [5, 5.41) is 8.88. The highest BCUT2D eigenvalue weighted by atomic mass is 19.1. The van der Waals surface area contributed by atoms with Crippen molar-refractivity contribution < 1.29 is 23.5 Å². The van der Waals surface area contributed by atoms with Gasteiger partial charge in [0.1, 0.15) is 11.6 Å². The molecular weight excluding hydrogens is 439 g/mol. The lowest BCUT2D eigenvalue weighted by Gasteiger charge is -2.10. The van der Waals surface area contributed by atoms with E-state index in [0.29, 0.717) is 17.0 Å². The monoisotopic (exact) mass is 462 g/mol. The molecule has 3 aromatic rings. The van der Waals surface area contributed by atoms with Crippen molar-refractivity contribution in [3.8, 4) is 5.75 Å². The van der Waals surface area contributed by atoms with Gasteiger partial charge in [-0.25, -0.2) is 9.82 Å². The second kappa shape index (κ2) is 11.4. The Morgan fingerprint density at radius 3 is 2.26 bits per heavy atom. The Labute approximate surface area is 195 Å². The van der Waals surface area contributed by atoms with Gasteiger partial charge in [-0.3, -0.25) is 14.4 Å². The Kier molecular flexibility index (Phi) is 8.07. The molecule has 0 bridgehead atoms. The second-order valence-corrected chi connectivity index (χ2v) is 7.41. The average Bonchev–Trinajstić information content (AvgIpc) is 2.79. The Balaban J connectivity index is 1.53. The van der Waals surface area contributed by atoms with Gasteiger partial charge in [-0.2, -0.15) is 5.10 Å². The molecule has 3 aromatic carbocycles.